The highest BCUT2D eigenvalue weighted by Crippen LogP contribution is 2.14. The maximum Gasteiger partial charge on any atom is 0.500 e. The number of isothiocyanates is 1. The molecule has 0 atom stereocenters. The van der Waals surface area contributed by atoms with Gasteiger partial charge in [-0.05, 0) is 18.6 Å². The molecule has 4 nitrogen and oxygen atoms in total. The predicted octanol–water partition coefficient (Wildman–Crippen LogP) is 1.36. The number of hydrogen-bond acceptors (Lipinski definition) is 5. The average molecular weight is 221 g/mol. The molecule has 0 aliphatic carbocycles. The van der Waals surface area contributed by atoms with E-state index in [2.05, 4.69) is 22.4 Å². The largest absolute Gasteiger partial charge is 0.500 e. The van der Waals surface area contributed by atoms with Crippen LogP contribution >= 0.6 is 12.2 Å². The zero-order chi connectivity index (χ0) is 10.2. The van der Waals surface area contributed by atoms with Crippen molar-refractivity contribution >= 4 is 26.2 Å². The molecule has 0 amide bonds. The topological polar surface area (TPSA) is 40.0 Å². The van der Waals surface area contributed by atoms with Gasteiger partial charge in [-0.3, -0.25) is 0 Å². The zero-order valence-electron chi connectivity index (χ0n) is 8.20. The van der Waals surface area contributed by atoms with E-state index < -0.39 is 8.80 Å². The summed E-state index contributed by atoms with van der Waals surface area (Å²) in [6.45, 7) is 0.647. The third-order valence-corrected chi connectivity index (χ3v) is 4.71. The van der Waals surface area contributed by atoms with Crippen molar-refractivity contribution < 1.29 is 13.3 Å². The summed E-state index contributed by atoms with van der Waals surface area (Å²) in [7, 11) is 2.41. The molecule has 0 aromatic carbocycles. The van der Waals surface area contributed by atoms with Gasteiger partial charge in [0.05, 0.1) is 5.16 Å². The Bertz CT molecular complexity index is 172. The molecule has 0 saturated carbocycles. The van der Waals surface area contributed by atoms with E-state index in [1.807, 2.05) is 0 Å². The third-order valence-electron chi connectivity index (χ3n) is 1.75. The van der Waals surface area contributed by atoms with Gasteiger partial charge in [-0.25, -0.2) is 4.99 Å². The van der Waals surface area contributed by atoms with Crippen molar-refractivity contribution in [2.75, 3.05) is 27.9 Å². The first-order valence-electron chi connectivity index (χ1n) is 3.93. The second-order valence-corrected chi connectivity index (χ2v) is 5.65. The fraction of sp³-hybridized carbons (Fsp3) is 0.857. The highest BCUT2D eigenvalue weighted by molar-refractivity contribution is 7.78. The molecule has 76 valence electrons. The molecule has 0 fully saturated rings. The summed E-state index contributed by atoms with van der Waals surface area (Å²) in [4.78, 5) is 3.80. The first-order valence-corrected chi connectivity index (χ1v) is 6.27. The summed E-state index contributed by atoms with van der Waals surface area (Å²) in [5.74, 6) is 0. The first-order chi connectivity index (χ1) is 6.24. The molecule has 0 aliphatic heterocycles. The summed E-state index contributed by atoms with van der Waals surface area (Å²) in [5.41, 5.74) is 0. The lowest BCUT2D eigenvalue weighted by atomic mass is 10.5. The monoisotopic (exact) mass is 221 g/mol. The van der Waals surface area contributed by atoms with Crippen LogP contribution in [0.2, 0.25) is 6.04 Å². The van der Waals surface area contributed by atoms with E-state index in [-0.39, 0.29) is 0 Å². The van der Waals surface area contributed by atoms with Gasteiger partial charge in [0, 0.05) is 33.9 Å². The quantitative estimate of drug-likeness (QED) is 0.282. The fourth-order valence-corrected chi connectivity index (χ4v) is 2.77. The van der Waals surface area contributed by atoms with Gasteiger partial charge in [-0.1, -0.05) is 0 Å². The van der Waals surface area contributed by atoms with Crippen LogP contribution in [-0.4, -0.2) is 41.8 Å². The molecule has 13 heavy (non-hydrogen) atoms. The molecule has 6 heteroatoms. The second kappa shape index (κ2) is 7.31. The van der Waals surface area contributed by atoms with E-state index in [0.717, 1.165) is 12.5 Å². The standard InChI is InChI=1S/C7H15NO3SSi/c1-9-13(10-2,11-3)6-4-5-8-7-12/h4-6H2,1-3H3. The van der Waals surface area contributed by atoms with Crippen LogP contribution in [0, 0.1) is 0 Å². The molecule has 0 aromatic rings. The fourth-order valence-electron chi connectivity index (χ4n) is 0.976. The van der Waals surface area contributed by atoms with Gasteiger partial charge in [0.1, 0.15) is 0 Å². The molecule has 0 rings (SSSR count). The summed E-state index contributed by atoms with van der Waals surface area (Å²) < 4.78 is 15.7. The normalized spacial score (nSPS) is 11.0. The smallest absolute Gasteiger partial charge is 0.377 e. The minimum absolute atomic E-state index is 0.647. The molecule has 0 aliphatic rings. The van der Waals surface area contributed by atoms with E-state index in [9.17, 15) is 0 Å². The molecule has 0 N–H and O–H groups in total. The minimum Gasteiger partial charge on any atom is -0.377 e. The molecule has 0 radical (unpaired) electrons. The SMILES string of the molecule is CO[Si](CCCN=C=S)(OC)OC. The Labute approximate surface area is 85.3 Å². The van der Waals surface area contributed by atoms with Crippen molar-refractivity contribution in [3.05, 3.63) is 0 Å². The van der Waals surface area contributed by atoms with E-state index in [1.165, 1.54) is 0 Å². The summed E-state index contributed by atoms with van der Waals surface area (Å²) in [6.07, 6.45) is 0.839. The van der Waals surface area contributed by atoms with Crippen molar-refractivity contribution in [1.29, 1.82) is 0 Å². The maximum atomic E-state index is 5.22. The van der Waals surface area contributed by atoms with Crippen molar-refractivity contribution in [3.63, 3.8) is 0 Å². The van der Waals surface area contributed by atoms with Crippen molar-refractivity contribution in [2.45, 2.75) is 12.5 Å². The third kappa shape index (κ3) is 4.61. The Morgan fingerprint density at radius 1 is 1.23 bits per heavy atom. The van der Waals surface area contributed by atoms with Crippen LogP contribution in [0.3, 0.4) is 0 Å². The van der Waals surface area contributed by atoms with Crippen LogP contribution in [0.15, 0.2) is 4.99 Å². The van der Waals surface area contributed by atoms with Gasteiger partial charge in [0.2, 0.25) is 0 Å². The molecule has 0 heterocycles. The molecule has 0 unspecified atom stereocenters. The number of hydrogen-bond donors (Lipinski definition) is 0. The van der Waals surface area contributed by atoms with E-state index in [4.69, 9.17) is 13.3 Å². The Kier molecular flexibility index (Phi) is 7.26. The molecular formula is C7H15NO3SSi. The van der Waals surface area contributed by atoms with E-state index in [1.54, 1.807) is 21.3 Å². The number of nitrogens with zero attached hydrogens (tertiary/aromatic N) is 1. The van der Waals surface area contributed by atoms with Gasteiger partial charge in [0.25, 0.3) is 0 Å². The summed E-state index contributed by atoms with van der Waals surface area (Å²) in [5, 5.41) is 2.31. The maximum absolute atomic E-state index is 5.22. The Balaban J connectivity index is 3.87. The van der Waals surface area contributed by atoms with E-state index >= 15 is 0 Å². The van der Waals surface area contributed by atoms with Gasteiger partial charge >= 0.3 is 8.80 Å². The van der Waals surface area contributed by atoms with Crippen LogP contribution in [0.1, 0.15) is 6.42 Å². The van der Waals surface area contributed by atoms with Crippen LogP contribution in [-0.2, 0) is 13.3 Å². The van der Waals surface area contributed by atoms with Crippen molar-refractivity contribution in [1.82, 2.24) is 0 Å². The molecule has 0 bridgehead atoms. The average Bonchev–Trinajstić information content (AvgIpc) is 2.20. The van der Waals surface area contributed by atoms with Crippen LogP contribution in [0.4, 0.5) is 0 Å². The number of thiocarbonyl (C=S) groups is 1. The molecule has 0 aromatic heterocycles. The van der Waals surface area contributed by atoms with Gasteiger partial charge in [0.15, 0.2) is 0 Å². The van der Waals surface area contributed by atoms with Crippen molar-refractivity contribution in [2.24, 2.45) is 4.99 Å². The zero-order valence-corrected chi connectivity index (χ0v) is 10.0. The van der Waals surface area contributed by atoms with Crippen LogP contribution in [0.5, 0.6) is 0 Å². The second-order valence-electron chi connectivity index (χ2n) is 2.37. The highest BCUT2D eigenvalue weighted by Gasteiger charge is 2.36. The van der Waals surface area contributed by atoms with Gasteiger partial charge in [-0.15, -0.1) is 0 Å². The predicted molar refractivity (Wildman–Crippen MR) is 56.1 cm³/mol. The van der Waals surface area contributed by atoms with Gasteiger partial charge < -0.3 is 13.3 Å². The molecule has 0 spiro atoms. The first kappa shape index (κ1) is 12.9. The van der Waals surface area contributed by atoms with E-state index in [0.29, 0.717) is 6.54 Å². The lowest BCUT2D eigenvalue weighted by molar-refractivity contribution is 0.123. The highest BCUT2D eigenvalue weighted by atomic mass is 32.1. The van der Waals surface area contributed by atoms with Gasteiger partial charge in [-0.2, -0.15) is 0 Å². The number of rotatable bonds is 7. The lowest BCUT2D eigenvalue weighted by Gasteiger charge is -2.23. The molecule has 0 saturated heterocycles. The molecular weight excluding hydrogens is 206 g/mol. The lowest BCUT2D eigenvalue weighted by Crippen LogP contribution is -2.42. The van der Waals surface area contributed by atoms with Crippen molar-refractivity contribution in [3.8, 4) is 0 Å². The van der Waals surface area contributed by atoms with Crippen LogP contribution < -0.4 is 0 Å². The Morgan fingerprint density at radius 2 is 1.77 bits per heavy atom. The number of aliphatic imine (C=N–C) groups is 1. The minimum atomic E-state index is -2.39. The summed E-state index contributed by atoms with van der Waals surface area (Å²) >= 11 is 4.44. The summed E-state index contributed by atoms with van der Waals surface area (Å²) in [6, 6.07) is 0.747. The Morgan fingerprint density at radius 3 is 2.15 bits per heavy atom. The van der Waals surface area contributed by atoms with Crippen LogP contribution in [0.25, 0.3) is 0 Å². The Hall–Kier alpha value is -0.103.